The molecule has 0 aliphatic heterocycles. The minimum absolute atomic E-state index is 0.567. The molecule has 4 heteroatoms. The van der Waals surface area contributed by atoms with Crippen molar-refractivity contribution in [2.45, 2.75) is 25.9 Å². The van der Waals surface area contributed by atoms with E-state index in [0.717, 1.165) is 11.4 Å². The molecule has 19 heavy (non-hydrogen) atoms. The molecule has 0 amide bonds. The molecule has 0 bridgehead atoms. The molecule has 1 aromatic carbocycles. The topological polar surface area (TPSA) is 37.3 Å². The Hall–Kier alpha value is -1.52. The van der Waals surface area contributed by atoms with Gasteiger partial charge in [-0.15, -0.1) is 11.3 Å². The molecule has 2 rings (SSSR count). The lowest BCUT2D eigenvalue weighted by atomic mass is 10.1. The second kappa shape index (κ2) is 9.42. The number of thiazole rings is 1. The van der Waals surface area contributed by atoms with Gasteiger partial charge in [-0.1, -0.05) is 30.3 Å². The molecule has 0 spiro atoms. The van der Waals surface area contributed by atoms with Gasteiger partial charge < -0.3 is 5.32 Å². The van der Waals surface area contributed by atoms with Crippen LogP contribution in [0.3, 0.4) is 0 Å². The first-order valence-corrected chi connectivity index (χ1v) is 7.16. The first-order chi connectivity index (χ1) is 9.26. The Bertz CT molecular complexity index is 440. The van der Waals surface area contributed by atoms with Crippen molar-refractivity contribution in [1.82, 2.24) is 10.3 Å². The third-order valence-corrected chi connectivity index (χ3v) is 3.37. The van der Waals surface area contributed by atoms with Crippen LogP contribution in [0.1, 0.15) is 17.5 Å². The van der Waals surface area contributed by atoms with E-state index in [-0.39, 0.29) is 0 Å². The van der Waals surface area contributed by atoms with E-state index in [2.05, 4.69) is 53.2 Å². The largest absolute Gasteiger partial charge is 0.317 e. The van der Waals surface area contributed by atoms with E-state index in [0.29, 0.717) is 12.6 Å². The minimum Gasteiger partial charge on any atom is -0.317 e. The van der Waals surface area contributed by atoms with Crippen LogP contribution in [0.15, 0.2) is 46.9 Å². The molecule has 1 atom stereocenters. The van der Waals surface area contributed by atoms with Gasteiger partial charge in [0.1, 0.15) is 5.01 Å². The number of benzene rings is 1. The van der Waals surface area contributed by atoms with Crippen LogP contribution in [0, 0.1) is 0 Å². The number of aliphatic imine (C=N–C) groups is 1. The van der Waals surface area contributed by atoms with Crippen LogP contribution in [0.4, 0.5) is 0 Å². The molecule has 1 heterocycles. The zero-order valence-electron chi connectivity index (χ0n) is 11.5. The highest BCUT2D eigenvalue weighted by Crippen LogP contribution is 2.03. The number of hydrogen-bond acceptors (Lipinski definition) is 4. The summed E-state index contributed by atoms with van der Waals surface area (Å²) in [5.41, 5.74) is 1.40. The van der Waals surface area contributed by atoms with Crippen LogP contribution in [0.2, 0.25) is 0 Å². The molecule has 102 valence electrons. The Morgan fingerprint density at radius 2 is 2.11 bits per heavy atom. The summed E-state index contributed by atoms with van der Waals surface area (Å²) in [6.07, 6.45) is 2.88. The lowest BCUT2D eigenvalue weighted by molar-refractivity contribution is 0.608. The first kappa shape index (κ1) is 15.5. The number of likely N-dealkylation sites (N-methyl/N-ethyl adjacent to an activating group) is 1. The molecule has 0 fully saturated rings. The van der Waals surface area contributed by atoms with Gasteiger partial charge in [-0.05, 0) is 32.7 Å². The molecule has 1 aromatic heterocycles. The smallest absolute Gasteiger partial charge is 0.114 e. The van der Waals surface area contributed by atoms with E-state index in [1.807, 2.05) is 18.5 Å². The summed E-state index contributed by atoms with van der Waals surface area (Å²) in [4.78, 5) is 7.67. The van der Waals surface area contributed by atoms with Gasteiger partial charge in [0.05, 0.1) is 6.54 Å². The Balaban J connectivity index is 0.000000200. The van der Waals surface area contributed by atoms with Gasteiger partial charge >= 0.3 is 0 Å². The van der Waals surface area contributed by atoms with Crippen molar-refractivity contribution in [1.29, 1.82) is 0 Å². The van der Waals surface area contributed by atoms with Crippen LogP contribution in [-0.4, -0.2) is 24.8 Å². The minimum atomic E-state index is 0.567. The third-order valence-electron chi connectivity index (χ3n) is 2.61. The summed E-state index contributed by atoms with van der Waals surface area (Å²) in [6, 6.07) is 11.1. The average molecular weight is 275 g/mol. The van der Waals surface area contributed by atoms with Crippen molar-refractivity contribution in [3.8, 4) is 0 Å². The molecular weight excluding hydrogens is 254 g/mol. The highest BCUT2D eigenvalue weighted by atomic mass is 32.1. The van der Waals surface area contributed by atoms with Gasteiger partial charge in [-0.2, -0.15) is 0 Å². The van der Waals surface area contributed by atoms with E-state index < -0.39 is 0 Å². The zero-order valence-corrected chi connectivity index (χ0v) is 12.4. The fourth-order valence-electron chi connectivity index (χ4n) is 1.50. The zero-order chi connectivity index (χ0) is 13.9. The monoisotopic (exact) mass is 275 g/mol. The van der Waals surface area contributed by atoms with Crippen LogP contribution in [0.5, 0.6) is 0 Å². The standard InChI is InChI=1S/C10H15N.C5H6N2S/c1-9(11-2)8-10-6-4-3-5-7-10;1-6-4-5-7-2-3-8-5/h3-7,9,11H,8H2,1-2H3;2-3H,1,4H2. The fourth-order valence-corrected chi connectivity index (χ4v) is 2.06. The van der Waals surface area contributed by atoms with Crippen LogP contribution < -0.4 is 5.32 Å². The molecule has 0 aliphatic rings. The summed E-state index contributed by atoms with van der Waals surface area (Å²) in [5.74, 6) is 0. The van der Waals surface area contributed by atoms with Gasteiger partial charge in [0.15, 0.2) is 0 Å². The maximum Gasteiger partial charge on any atom is 0.114 e. The molecule has 3 nitrogen and oxygen atoms in total. The van der Waals surface area contributed by atoms with Crippen molar-refractivity contribution in [2.24, 2.45) is 4.99 Å². The first-order valence-electron chi connectivity index (χ1n) is 6.28. The summed E-state index contributed by atoms with van der Waals surface area (Å²) >= 11 is 1.60. The molecule has 1 N–H and O–H groups in total. The van der Waals surface area contributed by atoms with E-state index >= 15 is 0 Å². The van der Waals surface area contributed by atoms with Gasteiger partial charge in [0.25, 0.3) is 0 Å². The molecule has 0 radical (unpaired) electrons. The van der Waals surface area contributed by atoms with Gasteiger partial charge in [-0.3, -0.25) is 4.99 Å². The number of hydrogen-bond donors (Lipinski definition) is 1. The predicted molar refractivity (Wildman–Crippen MR) is 84.0 cm³/mol. The quantitative estimate of drug-likeness (QED) is 0.851. The van der Waals surface area contributed by atoms with Crippen molar-refractivity contribution >= 4 is 18.1 Å². The summed E-state index contributed by atoms with van der Waals surface area (Å²) in [7, 11) is 1.99. The van der Waals surface area contributed by atoms with Gasteiger partial charge in [0.2, 0.25) is 0 Å². The Labute approximate surface area is 119 Å². The predicted octanol–water partition coefficient (Wildman–Crippen LogP) is 3.18. The molecule has 0 aliphatic carbocycles. The van der Waals surface area contributed by atoms with E-state index in [4.69, 9.17) is 0 Å². The lowest BCUT2D eigenvalue weighted by Gasteiger charge is -2.08. The second-order valence-electron chi connectivity index (χ2n) is 4.19. The van der Waals surface area contributed by atoms with Crippen molar-refractivity contribution in [2.75, 3.05) is 7.05 Å². The number of rotatable bonds is 5. The molecule has 2 aromatic rings. The molecular formula is C15H21N3S. The van der Waals surface area contributed by atoms with Crippen molar-refractivity contribution in [3.05, 3.63) is 52.5 Å². The van der Waals surface area contributed by atoms with Crippen LogP contribution in [-0.2, 0) is 13.0 Å². The SMILES string of the molecule is C=NCc1nccs1.CNC(C)Cc1ccccc1. The Kier molecular flexibility index (Phi) is 7.70. The number of nitrogens with one attached hydrogen (secondary N) is 1. The summed E-state index contributed by atoms with van der Waals surface area (Å²) < 4.78 is 0. The lowest BCUT2D eigenvalue weighted by Crippen LogP contribution is -2.23. The Morgan fingerprint density at radius 1 is 1.37 bits per heavy atom. The Morgan fingerprint density at radius 3 is 2.63 bits per heavy atom. The van der Waals surface area contributed by atoms with Gasteiger partial charge in [0, 0.05) is 17.6 Å². The van der Waals surface area contributed by atoms with Crippen LogP contribution in [0.25, 0.3) is 0 Å². The van der Waals surface area contributed by atoms with E-state index in [9.17, 15) is 0 Å². The summed E-state index contributed by atoms with van der Waals surface area (Å²) in [5, 5.41) is 6.17. The van der Waals surface area contributed by atoms with Crippen LogP contribution >= 0.6 is 11.3 Å². The van der Waals surface area contributed by atoms with Crippen molar-refractivity contribution < 1.29 is 0 Å². The normalized spacial score (nSPS) is 11.3. The molecule has 1 unspecified atom stereocenters. The second-order valence-corrected chi connectivity index (χ2v) is 5.17. The number of nitrogens with zero attached hydrogens (tertiary/aromatic N) is 2. The number of aromatic nitrogens is 1. The molecule has 0 saturated carbocycles. The third kappa shape index (κ3) is 6.84. The highest BCUT2D eigenvalue weighted by Gasteiger charge is 1.97. The maximum atomic E-state index is 3.99. The van der Waals surface area contributed by atoms with Gasteiger partial charge in [-0.25, -0.2) is 4.98 Å². The highest BCUT2D eigenvalue weighted by molar-refractivity contribution is 7.09. The maximum absolute atomic E-state index is 3.99. The van der Waals surface area contributed by atoms with Crippen molar-refractivity contribution in [3.63, 3.8) is 0 Å². The van der Waals surface area contributed by atoms with E-state index in [1.54, 1.807) is 17.5 Å². The van der Waals surface area contributed by atoms with E-state index in [1.165, 1.54) is 5.56 Å². The summed E-state index contributed by atoms with van der Waals surface area (Å²) in [6.45, 7) is 6.19. The average Bonchev–Trinajstić information content (AvgIpc) is 2.94. The molecule has 0 saturated heterocycles. The fraction of sp³-hybridized carbons (Fsp3) is 0.333.